The number of rotatable bonds is 4. The molecule has 0 aromatic heterocycles. The lowest BCUT2D eigenvalue weighted by Crippen LogP contribution is -2.38. The highest BCUT2D eigenvalue weighted by atomic mass is 19.1. The standard InChI is InChI=1S/C19H20FN3O3/c1-13-6-7-15(20)12-16(13)21-19(24)14-8-10-22(11-9-14)17-4-2-3-5-18(17)23(25)26/h2-7,12,14H,8-11H2,1H3,(H,21,24). The zero-order valence-electron chi connectivity index (χ0n) is 14.4. The Labute approximate surface area is 150 Å². The number of piperidine rings is 1. The van der Waals surface area contributed by atoms with Crippen molar-refractivity contribution in [2.24, 2.45) is 5.92 Å². The third-order valence-electron chi connectivity index (χ3n) is 4.74. The predicted molar refractivity (Wildman–Crippen MR) is 97.8 cm³/mol. The number of halogens is 1. The van der Waals surface area contributed by atoms with Gasteiger partial charge in [-0.05, 0) is 43.5 Å². The maximum atomic E-state index is 13.4. The van der Waals surface area contributed by atoms with Gasteiger partial charge in [-0.25, -0.2) is 4.39 Å². The van der Waals surface area contributed by atoms with Gasteiger partial charge in [-0.1, -0.05) is 18.2 Å². The van der Waals surface area contributed by atoms with Crippen LogP contribution in [0.15, 0.2) is 42.5 Å². The second-order valence-corrected chi connectivity index (χ2v) is 6.46. The number of amides is 1. The molecule has 1 heterocycles. The lowest BCUT2D eigenvalue weighted by molar-refractivity contribution is -0.384. The van der Waals surface area contributed by atoms with Gasteiger partial charge in [0.15, 0.2) is 0 Å². The van der Waals surface area contributed by atoms with Crippen molar-refractivity contribution < 1.29 is 14.1 Å². The molecule has 0 aliphatic carbocycles. The molecule has 3 rings (SSSR count). The van der Waals surface area contributed by atoms with Gasteiger partial charge in [-0.2, -0.15) is 0 Å². The number of benzene rings is 2. The molecule has 1 fully saturated rings. The number of carbonyl (C=O) groups is 1. The molecule has 0 spiro atoms. The number of hydrogen-bond acceptors (Lipinski definition) is 4. The number of hydrogen-bond donors (Lipinski definition) is 1. The Balaban J connectivity index is 1.64. The molecule has 1 N–H and O–H groups in total. The molecule has 26 heavy (non-hydrogen) atoms. The van der Waals surface area contributed by atoms with E-state index in [1.165, 1.54) is 18.2 Å². The molecule has 0 radical (unpaired) electrons. The van der Waals surface area contributed by atoms with Crippen LogP contribution in [0.4, 0.5) is 21.5 Å². The summed E-state index contributed by atoms with van der Waals surface area (Å²) in [6, 6.07) is 10.9. The quantitative estimate of drug-likeness (QED) is 0.665. The number of carbonyl (C=O) groups excluding carboxylic acids is 1. The van der Waals surface area contributed by atoms with E-state index in [-0.39, 0.29) is 22.4 Å². The van der Waals surface area contributed by atoms with Crippen LogP contribution in [0.1, 0.15) is 18.4 Å². The first kappa shape index (κ1) is 17.8. The van der Waals surface area contributed by atoms with Crippen LogP contribution in [0.5, 0.6) is 0 Å². The molecular weight excluding hydrogens is 337 g/mol. The van der Waals surface area contributed by atoms with E-state index in [1.807, 2.05) is 11.8 Å². The van der Waals surface area contributed by atoms with Gasteiger partial charge in [0, 0.05) is 30.8 Å². The summed E-state index contributed by atoms with van der Waals surface area (Å²) in [5.74, 6) is -0.727. The average Bonchev–Trinajstić information content (AvgIpc) is 2.65. The van der Waals surface area contributed by atoms with Crippen molar-refractivity contribution in [1.82, 2.24) is 0 Å². The first-order valence-electron chi connectivity index (χ1n) is 8.51. The Morgan fingerprint density at radius 2 is 1.92 bits per heavy atom. The molecule has 1 aliphatic rings. The minimum atomic E-state index is -0.392. The minimum Gasteiger partial charge on any atom is -0.366 e. The number of anilines is 2. The summed E-state index contributed by atoms with van der Waals surface area (Å²) in [5, 5.41) is 14.0. The fourth-order valence-electron chi connectivity index (χ4n) is 3.23. The Kier molecular flexibility index (Phi) is 5.16. The molecule has 0 atom stereocenters. The van der Waals surface area contributed by atoms with Gasteiger partial charge in [0.2, 0.25) is 5.91 Å². The zero-order valence-corrected chi connectivity index (χ0v) is 14.4. The molecule has 1 saturated heterocycles. The van der Waals surface area contributed by atoms with Crippen LogP contribution in [0.25, 0.3) is 0 Å². The highest BCUT2D eigenvalue weighted by Crippen LogP contribution is 2.31. The summed E-state index contributed by atoms with van der Waals surface area (Å²) >= 11 is 0. The topological polar surface area (TPSA) is 75.5 Å². The first-order chi connectivity index (χ1) is 12.5. The molecule has 2 aromatic carbocycles. The highest BCUT2D eigenvalue weighted by molar-refractivity contribution is 5.93. The van der Waals surface area contributed by atoms with Crippen LogP contribution in [0.2, 0.25) is 0 Å². The summed E-state index contributed by atoms with van der Waals surface area (Å²) < 4.78 is 13.4. The minimum absolute atomic E-state index is 0.0748. The number of nitrogens with one attached hydrogen (secondary N) is 1. The zero-order chi connectivity index (χ0) is 18.7. The lowest BCUT2D eigenvalue weighted by atomic mass is 9.95. The van der Waals surface area contributed by atoms with Crippen LogP contribution < -0.4 is 10.2 Å². The highest BCUT2D eigenvalue weighted by Gasteiger charge is 2.28. The number of para-hydroxylation sites is 2. The Hall–Kier alpha value is -2.96. The third kappa shape index (κ3) is 3.82. The van der Waals surface area contributed by atoms with Crippen molar-refractivity contribution >= 4 is 23.0 Å². The monoisotopic (exact) mass is 357 g/mol. The number of aryl methyl sites for hydroxylation is 1. The Morgan fingerprint density at radius 1 is 1.23 bits per heavy atom. The normalized spacial score (nSPS) is 14.9. The van der Waals surface area contributed by atoms with Crippen LogP contribution in [0, 0.1) is 28.8 Å². The predicted octanol–water partition coefficient (Wildman–Crippen LogP) is 3.90. The first-order valence-corrected chi connectivity index (χ1v) is 8.51. The number of nitrogens with zero attached hydrogens (tertiary/aromatic N) is 2. The van der Waals surface area contributed by atoms with Gasteiger partial charge in [-0.15, -0.1) is 0 Å². The molecular formula is C19H20FN3O3. The van der Waals surface area contributed by atoms with Gasteiger partial charge < -0.3 is 10.2 Å². The van der Waals surface area contributed by atoms with Gasteiger partial charge in [-0.3, -0.25) is 14.9 Å². The van der Waals surface area contributed by atoms with Gasteiger partial charge in [0.05, 0.1) is 4.92 Å². The summed E-state index contributed by atoms with van der Waals surface area (Å²) in [6.45, 7) is 2.93. The smallest absolute Gasteiger partial charge is 0.292 e. The largest absolute Gasteiger partial charge is 0.366 e. The fraction of sp³-hybridized carbons (Fsp3) is 0.316. The van der Waals surface area contributed by atoms with Crippen molar-refractivity contribution in [1.29, 1.82) is 0 Å². The van der Waals surface area contributed by atoms with E-state index in [9.17, 15) is 19.3 Å². The molecule has 136 valence electrons. The van der Waals surface area contributed by atoms with Crippen molar-refractivity contribution in [2.75, 3.05) is 23.3 Å². The van der Waals surface area contributed by atoms with Crippen LogP contribution in [-0.2, 0) is 4.79 Å². The summed E-state index contributed by atoms with van der Waals surface area (Å²) in [6.07, 6.45) is 1.18. The van der Waals surface area contributed by atoms with E-state index in [0.29, 0.717) is 37.3 Å². The average molecular weight is 357 g/mol. The van der Waals surface area contributed by atoms with Crippen molar-refractivity contribution in [3.8, 4) is 0 Å². The van der Waals surface area contributed by atoms with E-state index >= 15 is 0 Å². The lowest BCUT2D eigenvalue weighted by Gasteiger charge is -2.32. The molecule has 7 heteroatoms. The van der Waals surface area contributed by atoms with E-state index in [2.05, 4.69) is 5.32 Å². The molecule has 1 aliphatic heterocycles. The summed E-state index contributed by atoms with van der Waals surface area (Å²) in [4.78, 5) is 25.2. The molecule has 0 saturated carbocycles. The Bertz CT molecular complexity index is 833. The number of nitro benzene ring substituents is 1. The van der Waals surface area contributed by atoms with E-state index in [4.69, 9.17) is 0 Å². The molecule has 6 nitrogen and oxygen atoms in total. The van der Waals surface area contributed by atoms with Gasteiger partial charge in [0.25, 0.3) is 5.69 Å². The molecule has 1 amide bonds. The maximum absolute atomic E-state index is 13.4. The van der Waals surface area contributed by atoms with E-state index in [1.54, 1.807) is 24.3 Å². The molecule has 0 bridgehead atoms. The van der Waals surface area contributed by atoms with Crippen LogP contribution in [0.3, 0.4) is 0 Å². The van der Waals surface area contributed by atoms with Crippen molar-refractivity contribution in [3.63, 3.8) is 0 Å². The third-order valence-corrected chi connectivity index (χ3v) is 4.74. The van der Waals surface area contributed by atoms with Gasteiger partial charge >= 0.3 is 0 Å². The van der Waals surface area contributed by atoms with Crippen molar-refractivity contribution in [2.45, 2.75) is 19.8 Å². The fourth-order valence-corrected chi connectivity index (χ4v) is 3.23. The summed E-state index contributed by atoms with van der Waals surface area (Å²) in [7, 11) is 0. The number of nitro groups is 1. The van der Waals surface area contributed by atoms with E-state index in [0.717, 1.165) is 5.56 Å². The van der Waals surface area contributed by atoms with Crippen LogP contribution in [-0.4, -0.2) is 23.9 Å². The van der Waals surface area contributed by atoms with Gasteiger partial charge in [0.1, 0.15) is 11.5 Å². The molecule has 2 aromatic rings. The second kappa shape index (κ2) is 7.51. The Morgan fingerprint density at radius 3 is 2.62 bits per heavy atom. The van der Waals surface area contributed by atoms with Crippen molar-refractivity contribution in [3.05, 3.63) is 64.0 Å². The second-order valence-electron chi connectivity index (χ2n) is 6.46. The van der Waals surface area contributed by atoms with E-state index < -0.39 is 5.82 Å². The SMILES string of the molecule is Cc1ccc(F)cc1NC(=O)C1CCN(c2ccccc2[N+](=O)[O-])CC1. The maximum Gasteiger partial charge on any atom is 0.292 e. The molecule has 0 unspecified atom stereocenters. The summed E-state index contributed by atoms with van der Waals surface area (Å²) in [5.41, 5.74) is 1.94. The van der Waals surface area contributed by atoms with Crippen LogP contribution >= 0.6 is 0 Å².